The highest BCUT2D eigenvalue weighted by Gasteiger charge is 2.37. The number of para-hydroxylation sites is 1. The van der Waals surface area contributed by atoms with Crippen molar-refractivity contribution < 1.29 is 9.59 Å². The molecule has 2 aromatic heterocycles. The fourth-order valence-electron chi connectivity index (χ4n) is 3.30. The average molecular weight is 403 g/mol. The van der Waals surface area contributed by atoms with Crippen molar-refractivity contribution in [2.75, 3.05) is 4.90 Å². The van der Waals surface area contributed by atoms with Crippen LogP contribution >= 0.6 is 23.1 Å². The zero-order valence-electron chi connectivity index (χ0n) is 14.7. The Morgan fingerprint density at radius 3 is 2.36 bits per heavy atom. The number of benzene rings is 2. The second kappa shape index (κ2) is 6.54. The predicted octanol–water partition coefficient (Wildman–Crippen LogP) is 4.95. The van der Waals surface area contributed by atoms with Crippen molar-refractivity contribution in [3.8, 4) is 0 Å². The molecule has 0 saturated heterocycles. The number of hydrogen-bond donors (Lipinski definition) is 0. The third kappa shape index (κ3) is 2.55. The van der Waals surface area contributed by atoms with Crippen molar-refractivity contribution in [2.24, 2.45) is 0 Å². The summed E-state index contributed by atoms with van der Waals surface area (Å²) in [7, 11) is 0. The maximum atomic E-state index is 12.9. The molecule has 0 bridgehead atoms. The van der Waals surface area contributed by atoms with E-state index in [0.29, 0.717) is 16.8 Å². The minimum atomic E-state index is -0.298. The lowest BCUT2D eigenvalue weighted by atomic mass is 10.1. The first-order valence-corrected chi connectivity index (χ1v) is 10.3. The van der Waals surface area contributed by atoms with Crippen molar-refractivity contribution in [3.05, 3.63) is 76.9 Å². The summed E-state index contributed by atoms with van der Waals surface area (Å²) in [5.74, 6) is -0.596. The van der Waals surface area contributed by atoms with Crippen molar-refractivity contribution in [2.45, 2.75) is 16.8 Å². The van der Waals surface area contributed by atoms with E-state index in [4.69, 9.17) is 0 Å². The van der Waals surface area contributed by atoms with E-state index in [2.05, 4.69) is 15.3 Å². The first-order chi connectivity index (χ1) is 13.6. The van der Waals surface area contributed by atoms with Crippen molar-refractivity contribution in [1.82, 2.24) is 9.97 Å². The Balaban J connectivity index is 1.60. The van der Waals surface area contributed by atoms with E-state index in [0.717, 1.165) is 25.7 Å². The quantitative estimate of drug-likeness (QED) is 0.358. The predicted molar refractivity (Wildman–Crippen MR) is 110 cm³/mol. The molecular formula is C21H13N3O2S2. The first-order valence-electron chi connectivity index (χ1n) is 8.58. The average Bonchev–Trinajstić information content (AvgIpc) is 3.22. The molecule has 1 aliphatic heterocycles. The van der Waals surface area contributed by atoms with Gasteiger partial charge in [-0.2, -0.15) is 0 Å². The fourth-order valence-corrected chi connectivity index (χ4v) is 5.33. The molecule has 0 N–H and O–H groups in total. The lowest BCUT2D eigenvalue weighted by molar-refractivity contribution is 0.0925. The van der Waals surface area contributed by atoms with Crippen LogP contribution in [-0.4, -0.2) is 21.8 Å². The Hall–Kier alpha value is -3.03. The maximum absolute atomic E-state index is 12.9. The molecule has 5 rings (SSSR count). The number of aryl methyl sites for hydroxylation is 1. The van der Waals surface area contributed by atoms with Crippen LogP contribution < -0.4 is 4.90 Å². The third-order valence-electron chi connectivity index (χ3n) is 4.63. The second-order valence-corrected chi connectivity index (χ2v) is 8.23. The largest absolute Gasteiger partial charge is 0.268 e. The van der Waals surface area contributed by atoms with Gasteiger partial charge in [-0.3, -0.25) is 9.59 Å². The number of thiophene rings is 1. The van der Waals surface area contributed by atoms with Gasteiger partial charge in [-0.15, -0.1) is 11.3 Å². The van der Waals surface area contributed by atoms with E-state index in [1.807, 2.05) is 25.1 Å². The van der Waals surface area contributed by atoms with E-state index in [9.17, 15) is 9.59 Å². The van der Waals surface area contributed by atoms with Gasteiger partial charge >= 0.3 is 0 Å². The number of aromatic nitrogens is 2. The summed E-state index contributed by atoms with van der Waals surface area (Å²) in [6.07, 6.45) is 1.55. The summed E-state index contributed by atoms with van der Waals surface area (Å²) in [6, 6.07) is 14.3. The van der Waals surface area contributed by atoms with Crippen molar-refractivity contribution >= 4 is 50.8 Å². The highest BCUT2D eigenvalue weighted by molar-refractivity contribution is 7.99. The summed E-state index contributed by atoms with van der Waals surface area (Å²) in [5, 5.41) is 3.88. The third-order valence-corrected chi connectivity index (χ3v) is 6.70. The van der Waals surface area contributed by atoms with E-state index >= 15 is 0 Å². The molecule has 0 fully saturated rings. The topological polar surface area (TPSA) is 63.2 Å². The number of hydrogen-bond acceptors (Lipinski definition) is 6. The van der Waals surface area contributed by atoms with Gasteiger partial charge in [0.15, 0.2) is 0 Å². The highest BCUT2D eigenvalue weighted by atomic mass is 32.2. The molecule has 7 heteroatoms. The van der Waals surface area contributed by atoms with E-state index in [1.165, 1.54) is 16.7 Å². The molecule has 0 unspecified atom stereocenters. The lowest BCUT2D eigenvalue weighted by Gasteiger charge is -2.17. The molecule has 5 nitrogen and oxygen atoms in total. The van der Waals surface area contributed by atoms with Crippen LogP contribution in [0.3, 0.4) is 0 Å². The molecule has 0 atom stereocenters. The molecule has 0 saturated carbocycles. The Morgan fingerprint density at radius 1 is 0.929 bits per heavy atom. The van der Waals surface area contributed by atoms with Crippen LogP contribution in [0, 0.1) is 6.92 Å². The zero-order chi connectivity index (χ0) is 19.3. The normalized spacial score (nSPS) is 13.4. The molecule has 2 amide bonds. The molecule has 3 heterocycles. The minimum absolute atomic E-state index is 0.298. The van der Waals surface area contributed by atoms with Crippen LogP contribution in [0.2, 0.25) is 0 Å². The van der Waals surface area contributed by atoms with Crippen LogP contribution in [0.15, 0.2) is 70.2 Å². The second-order valence-electron chi connectivity index (χ2n) is 6.34. The standard InChI is InChI=1S/C21H13N3O2S2/c1-12-10-27-18-17(12)19(23-11-22-18)28-16-9-5-4-8-15(16)24-20(25)13-6-2-3-7-14(13)21(24)26/h2-11H,1H3. The summed E-state index contributed by atoms with van der Waals surface area (Å²) in [5.41, 5.74) is 2.55. The Morgan fingerprint density at radius 2 is 1.61 bits per heavy atom. The number of carbonyl (C=O) groups excluding carboxylic acids is 2. The number of rotatable bonds is 3. The van der Waals surface area contributed by atoms with E-state index < -0.39 is 0 Å². The number of imide groups is 1. The van der Waals surface area contributed by atoms with Gasteiger partial charge in [0.2, 0.25) is 0 Å². The Labute approximate surface area is 169 Å². The summed E-state index contributed by atoms with van der Waals surface area (Å²) >= 11 is 3.02. The maximum Gasteiger partial charge on any atom is 0.266 e. The molecule has 2 aromatic carbocycles. The Kier molecular flexibility index (Phi) is 3.99. The van der Waals surface area contributed by atoms with Gasteiger partial charge in [-0.1, -0.05) is 36.0 Å². The van der Waals surface area contributed by atoms with Gasteiger partial charge in [0.1, 0.15) is 16.2 Å². The SMILES string of the molecule is Cc1csc2ncnc(Sc3ccccc3N3C(=O)c4ccccc4C3=O)c12. The molecule has 28 heavy (non-hydrogen) atoms. The van der Waals surface area contributed by atoms with Gasteiger partial charge < -0.3 is 0 Å². The van der Waals surface area contributed by atoms with Gasteiger partial charge in [-0.05, 0) is 42.1 Å². The summed E-state index contributed by atoms with van der Waals surface area (Å²) in [4.78, 5) is 37.6. The van der Waals surface area contributed by atoms with E-state index in [1.54, 1.807) is 48.0 Å². The molecule has 4 aromatic rings. The van der Waals surface area contributed by atoms with Crippen LogP contribution in [-0.2, 0) is 0 Å². The van der Waals surface area contributed by atoms with Crippen LogP contribution in [0.1, 0.15) is 26.3 Å². The van der Waals surface area contributed by atoms with Crippen molar-refractivity contribution in [1.29, 1.82) is 0 Å². The van der Waals surface area contributed by atoms with E-state index in [-0.39, 0.29) is 11.8 Å². The molecule has 136 valence electrons. The lowest BCUT2D eigenvalue weighted by Crippen LogP contribution is -2.29. The fraction of sp³-hybridized carbons (Fsp3) is 0.0476. The van der Waals surface area contributed by atoms with Crippen molar-refractivity contribution in [3.63, 3.8) is 0 Å². The number of fused-ring (bicyclic) bond motifs is 2. The summed E-state index contributed by atoms with van der Waals surface area (Å²) in [6.45, 7) is 2.03. The Bertz CT molecular complexity index is 1230. The molecular weight excluding hydrogens is 390 g/mol. The van der Waals surface area contributed by atoms with Crippen LogP contribution in [0.4, 0.5) is 5.69 Å². The highest BCUT2D eigenvalue weighted by Crippen LogP contribution is 2.41. The number of anilines is 1. The minimum Gasteiger partial charge on any atom is -0.268 e. The monoisotopic (exact) mass is 403 g/mol. The van der Waals surface area contributed by atoms with Crippen LogP contribution in [0.5, 0.6) is 0 Å². The molecule has 1 aliphatic rings. The molecule has 0 radical (unpaired) electrons. The van der Waals surface area contributed by atoms with Crippen LogP contribution in [0.25, 0.3) is 10.2 Å². The molecule has 0 aliphatic carbocycles. The van der Waals surface area contributed by atoms with Gasteiger partial charge in [0.05, 0.1) is 16.8 Å². The van der Waals surface area contributed by atoms with Gasteiger partial charge in [0.25, 0.3) is 11.8 Å². The van der Waals surface area contributed by atoms with Gasteiger partial charge in [-0.25, -0.2) is 14.9 Å². The zero-order valence-corrected chi connectivity index (χ0v) is 16.4. The van der Waals surface area contributed by atoms with Gasteiger partial charge in [0, 0.05) is 10.3 Å². The summed E-state index contributed by atoms with van der Waals surface area (Å²) < 4.78 is 0. The first kappa shape index (κ1) is 17.1. The number of nitrogens with zero attached hydrogens (tertiary/aromatic N) is 3. The molecule has 0 spiro atoms. The number of carbonyl (C=O) groups is 2. The number of amides is 2. The smallest absolute Gasteiger partial charge is 0.266 e.